The van der Waals surface area contributed by atoms with Crippen LogP contribution in [0.15, 0.2) is 82.2 Å². The molecule has 0 bridgehead atoms. The van der Waals surface area contributed by atoms with E-state index in [2.05, 4.69) is 21.2 Å². The number of imide groups is 1. The predicted octanol–water partition coefficient (Wildman–Crippen LogP) is 6.36. The second-order valence-corrected chi connectivity index (χ2v) is 9.55. The monoisotopic (exact) mass is 556 g/mol. The number of amides is 3. The van der Waals surface area contributed by atoms with Crippen molar-refractivity contribution in [3.63, 3.8) is 0 Å². The summed E-state index contributed by atoms with van der Waals surface area (Å²) in [5, 5.41) is 2.57. The van der Waals surface area contributed by atoms with Gasteiger partial charge in [0.05, 0.1) is 9.93 Å². The van der Waals surface area contributed by atoms with Gasteiger partial charge < -0.3 is 10.1 Å². The molecule has 1 aliphatic heterocycles. The van der Waals surface area contributed by atoms with Crippen molar-refractivity contribution in [3.8, 4) is 5.75 Å². The first-order valence-electron chi connectivity index (χ1n) is 10.2. The first kappa shape index (κ1) is 24.1. The third kappa shape index (κ3) is 6.08. The van der Waals surface area contributed by atoms with Crippen molar-refractivity contribution < 1.29 is 19.1 Å². The SMILES string of the molecule is O=C(CN1C(=O)S/C(=C/c2cccc(OCc3ccccc3)c2)C1=O)Nc1ccc(Br)c(Cl)c1. The Hall–Kier alpha value is -3.07. The Labute approximate surface area is 214 Å². The second-order valence-electron chi connectivity index (χ2n) is 7.29. The fourth-order valence-corrected chi connectivity index (χ4v) is 4.41. The van der Waals surface area contributed by atoms with Crippen molar-refractivity contribution in [1.29, 1.82) is 0 Å². The van der Waals surface area contributed by atoms with E-state index in [9.17, 15) is 14.4 Å². The molecule has 0 aromatic heterocycles. The summed E-state index contributed by atoms with van der Waals surface area (Å²) in [4.78, 5) is 38.7. The van der Waals surface area contributed by atoms with E-state index < -0.39 is 23.6 Å². The highest BCUT2D eigenvalue weighted by Gasteiger charge is 2.36. The van der Waals surface area contributed by atoms with E-state index >= 15 is 0 Å². The maximum absolute atomic E-state index is 12.8. The molecule has 1 aliphatic rings. The van der Waals surface area contributed by atoms with Gasteiger partial charge in [-0.25, -0.2) is 0 Å². The van der Waals surface area contributed by atoms with Gasteiger partial charge >= 0.3 is 0 Å². The van der Waals surface area contributed by atoms with Gasteiger partial charge in [0.15, 0.2) is 0 Å². The van der Waals surface area contributed by atoms with Gasteiger partial charge in [-0.15, -0.1) is 0 Å². The first-order chi connectivity index (χ1) is 16.4. The second kappa shape index (κ2) is 10.9. The first-order valence-corrected chi connectivity index (χ1v) is 12.1. The molecule has 172 valence electrons. The summed E-state index contributed by atoms with van der Waals surface area (Å²) < 4.78 is 6.52. The Morgan fingerprint density at radius 3 is 2.62 bits per heavy atom. The highest BCUT2D eigenvalue weighted by Crippen LogP contribution is 2.33. The van der Waals surface area contributed by atoms with Crippen LogP contribution in [-0.2, 0) is 16.2 Å². The fraction of sp³-hybridized carbons (Fsp3) is 0.0800. The third-order valence-electron chi connectivity index (χ3n) is 4.78. The standard InChI is InChI=1S/C25H18BrClN2O4S/c26-20-10-9-18(13-21(20)27)28-23(30)14-29-24(31)22(34-25(29)32)12-17-7-4-8-19(11-17)33-15-16-5-2-1-3-6-16/h1-13H,14-15H2,(H,28,30)/b22-12+. The number of carbonyl (C=O) groups is 3. The predicted molar refractivity (Wildman–Crippen MR) is 138 cm³/mol. The van der Waals surface area contributed by atoms with Crippen molar-refractivity contribution in [2.45, 2.75) is 6.61 Å². The lowest BCUT2D eigenvalue weighted by atomic mass is 10.2. The maximum Gasteiger partial charge on any atom is 0.294 e. The van der Waals surface area contributed by atoms with Crippen LogP contribution in [0.5, 0.6) is 5.75 Å². The zero-order valence-electron chi connectivity index (χ0n) is 17.7. The lowest BCUT2D eigenvalue weighted by molar-refractivity contribution is -0.127. The number of hydrogen-bond donors (Lipinski definition) is 1. The Kier molecular flexibility index (Phi) is 7.72. The number of rotatable bonds is 7. The van der Waals surface area contributed by atoms with Gasteiger partial charge in [-0.1, -0.05) is 54.1 Å². The molecule has 0 radical (unpaired) electrons. The molecule has 1 saturated heterocycles. The molecule has 3 aromatic rings. The number of carbonyl (C=O) groups excluding carboxylic acids is 3. The summed E-state index contributed by atoms with van der Waals surface area (Å²) >= 11 is 10.1. The van der Waals surface area contributed by atoms with Gasteiger partial charge in [0, 0.05) is 10.2 Å². The molecular weight excluding hydrogens is 540 g/mol. The van der Waals surface area contributed by atoms with Crippen molar-refractivity contribution in [2.24, 2.45) is 0 Å². The van der Waals surface area contributed by atoms with E-state index in [0.717, 1.165) is 22.2 Å². The quantitative estimate of drug-likeness (QED) is 0.342. The topological polar surface area (TPSA) is 75.7 Å². The average Bonchev–Trinajstić information content (AvgIpc) is 3.08. The lowest BCUT2D eigenvalue weighted by Crippen LogP contribution is -2.36. The largest absolute Gasteiger partial charge is 0.489 e. The molecule has 9 heteroatoms. The summed E-state index contributed by atoms with van der Waals surface area (Å²) in [7, 11) is 0. The number of thioether (sulfide) groups is 1. The van der Waals surface area contributed by atoms with Crippen molar-refractivity contribution >= 4 is 68.1 Å². The zero-order chi connectivity index (χ0) is 24.1. The van der Waals surface area contributed by atoms with Crippen LogP contribution in [0.3, 0.4) is 0 Å². The molecular formula is C25H18BrClN2O4S. The zero-order valence-corrected chi connectivity index (χ0v) is 20.8. The molecule has 6 nitrogen and oxygen atoms in total. The molecule has 1 heterocycles. The summed E-state index contributed by atoms with van der Waals surface area (Å²) in [5.41, 5.74) is 2.22. The molecule has 0 aliphatic carbocycles. The van der Waals surface area contributed by atoms with Crippen LogP contribution >= 0.6 is 39.3 Å². The molecule has 34 heavy (non-hydrogen) atoms. The minimum absolute atomic E-state index is 0.240. The van der Waals surface area contributed by atoms with Gasteiger partial charge in [0.1, 0.15) is 18.9 Å². The lowest BCUT2D eigenvalue weighted by Gasteiger charge is -2.12. The number of hydrogen-bond acceptors (Lipinski definition) is 5. The number of benzene rings is 3. The number of nitrogens with zero attached hydrogens (tertiary/aromatic N) is 1. The van der Waals surface area contributed by atoms with Crippen LogP contribution in [0.2, 0.25) is 5.02 Å². The van der Waals surface area contributed by atoms with Crippen LogP contribution in [0.1, 0.15) is 11.1 Å². The van der Waals surface area contributed by atoms with Crippen LogP contribution in [0, 0.1) is 0 Å². The number of halogens is 2. The fourth-order valence-electron chi connectivity index (χ4n) is 3.14. The van der Waals surface area contributed by atoms with Crippen LogP contribution in [0.25, 0.3) is 6.08 Å². The number of anilines is 1. The molecule has 0 unspecified atom stereocenters. The highest BCUT2D eigenvalue weighted by atomic mass is 79.9. The summed E-state index contributed by atoms with van der Waals surface area (Å²) in [5.74, 6) is -0.378. The molecule has 4 rings (SSSR count). The Balaban J connectivity index is 1.40. The van der Waals surface area contributed by atoms with Crippen molar-refractivity contribution in [2.75, 3.05) is 11.9 Å². The van der Waals surface area contributed by atoms with Crippen molar-refractivity contribution in [3.05, 3.63) is 98.3 Å². The molecule has 3 aromatic carbocycles. The molecule has 3 amide bonds. The van der Waals surface area contributed by atoms with E-state index in [-0.39, 0.29) is 4.91 Å². The number of ether oxygens (including phenoxy) is 1. The summed E-state index contributed by atoms with van der Waals surface area (Å²) in [6.45, 7) is 0.0232. The molecule has 0 spiro atoms. The normalized spacial score (nSPS) is 14.5. The van der Waals surface area contributed by atoms with Gasteiger partial charge in [-0.2, -0.15) is 0 Å². The van der Waals surface area contributed by atoms with E-state index in [0.29, 0.717) is 33.1 Å². The Bertz CT molecular complexity index is 1280. The number of nitrogens with one attached hydrogen (secondary N) is 1. The third-order valence-corrected chi connectivity index (χ3v) is 6.92. The smallest absolute Gasteiger partial charge is 0.294 e. The van der Waals surface area contributed by atoms with Gasteiger partial charge in [0.25, 0.3) is 11.1 Å². The summed E-state index contributed by atoms with van der Waals surface area (Å²) in [6.07, 6.45) is 1.62. The van der Waals surface area contributed by atoms with Gasteiger partial charge in [-0.05, 0) is 75.2 Å². The average molecular weight is 558 g/mol. The van der Waals surface area contributed by atoms with E-state index in [1.54, 1.807) is 30.3 Å². The Morgan fingerprint density at radius 1 is 1.06 bits per heavy atom. The van der Waals surface area contributed by atoms with Crippen LogP contribution in [0.4, 0.5) is 10.5 Å². The van der Waals surface area contributed by atoms with E-state index in [4.69, 9.17) is 16.3 Å². The minimum atomic E-state index is -0.519. The van der Waals surface area contributed by atoms with E-state index in [1.165, 1.54) is 0 Å². The highest BCUT2D eigenvalue weighted by molar-refractivity contribution is 9.10. The van der Waals surface area contributed by atoms with Gasteiger partial charge in [-0.3, -0.25) is 19.3 Å². The molecule has 0 atom stereocenters. The molecule has 1 N–H and O–H groups in total. The molecule has 0 saturated carbocycles. The van der Waals surface area contributed by atoms with Crippen LogP contribution < -0.4 is 10.1 Å². The maximum atomic E-state index is 12.8. The van der Waals surface area contributed by atoms with Crippen molar-refractivity contribution in [1.82, 2.24) is 4.90 Å². The van der Waals surface area contributed by atoms with Gasteiger partial charge in [0.2, 0.25) is 5.91 Å². The minimum Gasteiger partial charge on any atom is -0.489 e. The summed E-state index contributed by atoms with van der Waals surface area (Å²) in [6, 6.07) is 21.9. The van der Waals surface area contributed by atoms with Crippen LogP contribution in [-0.4, -0.2) is 28.5 Å². The van der Waals surface area contributed by atoms with E-state index in [1.807, 2.05) is 48.5 Å². The Morgan fingerprint density at radius 2 is 1.85 bits per heavy atom. The molecule has 1 fully saturated rings.